The van der Waals surface area contributed by atoms with Gasteiger partial charge in [0.25, 0.3) is 0 Å². The number of unbranched alkanes of at least 4 members (excludes halogenated alkanes) is 3. The highest BCUT2D eigenvalue weighted by atomic mass is 16.4. The minimum atomic E-state index is -1.82. The molecule has 218 valence electrons. The first-order valence-corrected chi connectivity index (χ1v) is 12.2. The predicted molar refractivity (Wildman–Crippen MR) is 145 cm³/mol. The average molecular weight is 553 g/mol. The van der Waals surface area contributed by atoms with E-state index >= 15 is 0 Å². The van der Waals surface area contributed by atoms with Crippen LogP contribution in [0.3, 0.4) is 0 Å². The van der Waals surface area contributed by atoms with E-state index in [9.17, 15) is 5.11 Å². The summed E-state index contributed by atoms with van der Waals surface area (Å²) in [7, 11) is 1.00. The first-order valence-electron chi connectivity index (χ1n) is 12.2. The lowest BCUT2D eigenvalue weighted by Crippen LogP contribution is -2.19. The molecule has 0 atom stereocenters. The molecule has 0 bridgehead atoms. The maximum absolute atomic E-state index is 9.25. The molecule has 8 N–H and O–H groups in total. The first-order chi connectivity index (χ1) is 18.6. The topological polar surface area (TPSA) is 214 Å². The molecule has 0 unspecified atom stereocenters. The highest BCUT2D eigenvalue weighted by Crippen LogP contribution is 2.09. The van der Waals surface area contributed by atoms with Gasteiger partial charge in [-0.25, -0.2) is 19.2 Å². The summed E-state index contributed by atoms with van der Waals surface area (Å²) in [6.45, 7) is 4.30. The number of phenols is 1. The van der Waals surface area contributed by atoms with Crippen LogP contribution in [-0.2, 0) is 32.0 Å². The van der Waals surface area contributed by atoms with Crippen molar-refractivity contribution < 1.29 is 49.8 Å². The van der Waals surface area contributed by atoms with E-state index in [0.717, 1.165) is 46.1 Å². The van der Waals surface area contributed by atoms with Crippen molar-refractivity contribution in [3.8, 4) is 5.75 Å². The third-order valence-corrected chi connectivity index (χ3v) is 4.78. The molecule has 39 heavy (non-hydrogen) atoms. The van der Waals surface area contributed by atoms with Crippen LogP contribution in [0.4, 0.5) is 0 Å². The fraction of sp³-hybridized carbons (Fsp3) is 0.407. The van der Waals surface area contributed by atoms with Gasteiger partial charge in [-0.05, 0) is 75.1 Å². The Bertz CT molecular complexity index is 874. The molecular formula is C27H40N2O10. The second-order valence-corrected chi connectivity index (χ2v) is 7.79. The van der Waals surface area contributed by atoms with E-state index in [1.807, 2.05) is 12.1 Å². The zero-order valence-electron chi connectivity index (χ0n) is 22.1. The molecule has 0 aliphatic rings. The second kappa shape index (κ2) is 25.6. The molecule has 0 heterocycles. The summed E-state index contributed by atoms with van der Waals surface area (Å²) < 4.78 is 0. The molecule has 0 aromatic heterocycles. The highest BCUT2D eigenvalue weighted by molar-refractivity contribution is 6.27. The molecule has 0 aliphatic carbocycles. The fourth-order valence-corrected chi connectivity index (χ4v) is 2.88. The van der Waals surface area contributed by atoms with E-state index in [2.05, 4.69) is 41.0 Å². The van der Waals surface area contributed by atoms with Gasteiger partial charge in [-0.15, -0.1) is 0 Å². The minimum Gasteiger partial charge on any atom is -0.508 e. The Morgan fingerprint density at radius 3 is 1.26 bits per heavy atom. The van der Waals surface area contributed by atoms with Gasteiger partial charge in [0, 0.05) is 7.11 Å². The largest absolute Gasteiger partial charge is 0.508 e. The summed E-state index contributed by atoms with van der Waals surface area (Å²) in [5, 5.41) is 52.8. The molecule has 2 aromatic carbocycles. The molecule has 0 saturated carbocycles. The summed E-state index contributed by atoms with van der Waals surface area (Å²) in [4.78, 5) is 36.4. The van der Waals surface area contributed by atoms with E-state index in [-0.39, 0.29) is 0 Å². The van der Waals surface area contributed by atoms with Gasteiger partial charge in [0.1, 0.15) is 5.75 Å². The summed E-state index contributed by atoms with van der Waals surface area (Å²) in [6.07, 6.45) is 7.25. The third kappa shape index (κ3) is 25.4. The SMILES string of the molecule is CO.O=C(O)C(=O)O.O=C(O)C(=O)O.Oc1ccc(CCNCCCCCCNCCc2ccccc2)cc1. The lowest BCUT2D eigenvalue weighted by Gasteiger charge is -2.06. The van der Waals surface area contributed by atoms with Gasteiger partial charge in [-0.1, -0.05) is 55.3 Å². The molecule has 12 heteroatoms. The summed E-state index contributed by atoms with van der Waals surface area (Å²) in [5.41, 5.74) is 2.68. The van der Waals surface area contributed by atoms with Crippen LogP contribution < -0.4 is 10.6 Å². The monoisotopic (exact) mass is 552 g/mol. The maximum atomic E-state index is 9.25. The average Bonchev–Trinajstić information content (AvgIpc) is 2.92. The number of carboxylic acid groups (broad SMARTS) is 4. The molecular weight excluding hydrogens is 512 g/mol. The number of phenolic OH excluding ortho intramolecular Hbond substituents is 1. The molecule has 2 rings (SSSR count). The number of carboxylic acids is 4. The van der Waals surface area contributed by atoms with Crippen LogP contribution in [0.1, 0.15) is 36.8 Å². The van der Waals surface area contributed by atoms with Crippen molar-refractivity contribution in [3.05, 3.63) is 65.7 Å². The van der Waals surface area contributed by atoms with Crippen molar-refractivity contribution in [1.82, 2.24) is 10.6 Å². The van der Waals surface area contributed by atoms with Gasteiger partial charge in [-0.2, -0.15) is 0 Å². The Hall–Kier alpha value is -4.00. The number of aliphatic hydroxyl groups excluding tert-OH is 1. The molecule has 0 amide bonds. The van der Waals surface area contributed by atoms with Crippen LogP contribution in [0.15, 0.2) is 54.6 Å². The maximum Gasteiger partial charge on any atom is 0.414 e. The Morgan fingerprint density at radius 1 is 0.538 bits per heavy atom. The number of hydrogen-bond acceptors (Lipinski definition) is 8. The molecule has 0 aliphatic heterocycles. The van der Waals surface area contributed by atoms with Crippen molar-refractivity contribution in [2.75, 3.05) is 33.3 Å². The van der Waals surface area contributed by atoms with Crippen molar-refractivity contribution >= 4 is 23.9 Å². The van der Waals surface area contributed by atoms with Crippen molar-refractivity contribution in [2.45, 2.75) is 38.5 Å². The zero-order valence-corrected chi connectivity index (χ0v) is 22.1. The van der Waals surface area contributed by atoms with Crippen LogP contribution >= 0.6 is 0 Å². The molecule has 12 nitrogen and oxygen atoms in total. The molecule has 0 saturated heterocycles. The number of aromatic hydroxyl groups is 1. The fourth-order valence-electron chi connectivity index (χ4n) is 2.88. The van der Waals surface area contributed by atoms with Crippen molar-refractivity contribution in [2.24, 2.45) is 0 Å². The Kier molecular flexibility index (Phi) is 24.4. The van der Waals surface area contributed by atoms with Gasteiger partial charge in [-0.3, -0.25) is 0 Å². The number of benzene rings is 2. The van der Waals surface area contributed by atoms with E-state index in [4.69, 9.17) is 44.7 Å². The lowest BCUT2D eigenvalue weighted by atomic mass is 10.1. The number of nitrogens with one attached hydrogen (secondary N) is 2. The smallest absolute Gasteiger partial charge is 0.414 e. The standard InChI is InChI=1S/C22H32N2O.2C2H2O4.CH4O/c25-22-12-10-21(11-13-22)15-19-24-17-7-2-1-6-16-23-18-14-20-8-4-3-5-9-20;2*3-1(4)2(5)6;1-2/h3-5,8-13,23-25H,1-2,6-7,14-19H2;2*(H,3,4)(H,5,6);2H,1H3. The summed E-state index contributed by atoms with van der Waals surface area (Å²) in [5.74, 6) is -6.96. The molecule has 0 fully saturated rings. The van der Waals surface area contributed by atoms with Gasteiger partial charge in [0.2, 0.25) is 0 Å². The molecule has 2 aromatic rings. The van der Waals surface area contributed by atoms with Gasteiger partial charge in [0.05, 0.1) is 0 Å². The summed E-state index contributed by atoms with van der Waals surface area (Å²) in [6, 6.07) is 18.1. The van der Waals surface area contributed by atoms with Crippen molar-refractivity contribution in [1.29, 1.82) is 0 Å². The highest BCUT2D eigenvalue weighted by Gasteiger charge is 2.04. The van der Waals surface area contributed by atoms with Gasteiger partial charge in [0.15, 0.2) is 0 Å². The Balaban J connectivity index is 0. The minimum absolute atomic E-state index is 0.339. The number of hydrogen-bond donors (Lipinski definition) is 8. The molecule has 0 radical (unpaired) electrons. The Morgan fingerprint density at radius 2 is 0.897 bits per heavy atom. The van der Waals surface area contributed by atoms with Gasteiger partial charge < -0.3 is 41.3 Å². The zero-order chi connectivity index (χ0) is 29.9. The second-order valence-electron chi connectivity index (χ2n) is 7.79. The lowest BCUT2D eigenvalue weighted by molar-refractivity contribution is -0.159. The number of carbonyl (C=O) groups is 4. The summed E-state index contributed by atoms with van der Waals surface area (Å²) >= 11 is 0. The normalized spacial score (nSPS) is 9.38. The van der Waals surface area contributed by atoms with Gasteiger partial charge >= 0.3 is 23.9 Å². The van der Waals surface area contributed by atoms with Crippen LogP contribution in [0.2, 0.25) is 0 Å². The number of aliphatic hydroxyl groups is 1. The first kappa shape index (κ1) is 37.2. The van der Waals surface area contributed by atoms with E-state index < -0.39 is 23.9 Å². The third-order valence-electron chi connectivity index (χ3n) is 4.78. The number of aliphatic carboxylic acids is 4. The van der Waals surface area contributed by atoms with E-state index in [1.165, 1.54) is 36.8 Å². The quantitative estimate of drug-likeness (QED) is 0.132. The van der Waals surface area contributed by atoms with E-state index in [0.29, 0.717) is 5.75 Å². The van der Waals surface area contributed by atoms with Crippen LogP contribution in [-0.4, -0.2) is 87.8 Å². The molecule has 0 spiro atoms. The Labute approximate surface area is 227 Å². The van der Waals surface area contributed by atoms with Crippen LogP contribution in [0.25, 0.3) is 0 Å². The van der Waals surface area contributed by atoms with E-state index in [1.54, 1.807) is 12.1 Å². The van der Waals surface area contributed by atoms with Crippen LogP contribution in [0, 0.1) is 0 Å². The number of rotatable bonds is 13. The van der Waals surface area contributed by atoms with Crippen LogP contribution in [0.5, 0.6) is 5.75 Å². The predicted octanol–water partition coefficient (Wildman–Crippen LogP) is 1.84. The van der Waals surface area contributed by atoms with Crippen molar-refractivity contribution in [3.63, 3.8) is 0 Å².